The van der Waals surface area contributed by atoms with Gasteiger partial charge in [0.05, 0.1) is 11.0 Å². The maximum Gasteiger partial charge on any atom is 0.263 e. The number of nitrogens with zero attached hydrogens (tertiary/aromatic N) is 2. The summed E-state index contributed by atoms with van der Waals surface area (Å²) in [6.07, 6.45) is 1.79. The van der Waals surface area contributed by atoms with Crippen molar-refractivity contribution < 1.29 is 19.4 Å². The van der Waals surface area contributed by atoms with Crippen LogP contribution in [0.1, 0.15) is 35.9 Å². The summed E-state index contributed by atoms with van der Waals surface area (Å²) in [5, 5.41) is 11.5. The van der Waals surface area contributed by atoms with Gasteiger partial charge in [0.2, 0.25) is 5.91 Å². The first kappa shape index (κ1) is 20.3. The fourth-order valence-electron chi connectivity index (χ4n) is 4.61. The van der Waals surface area contributed by atoms with E-state index in [-0.39, 0.29) is 23.8 Å². The number of carbonyl (C=O) groups is 2. The standard InChI is InChI=1S/C22H28N2O4S/c1-2-28-14-20(26)24-13-17(25)12-22(15-24)7-9-23(10-8-22)21(27)19-11-16-5-3-4-6-18(16)29-19/h3-6,11,17,25H,2,7-10,12-15H2,1H3. The SMILES string of the molecule is CCOCC(=O)N1CC(O)CC2(CCN(C(=O)c3cc4ccccc4s3)CC2)C1. The molecule has 0 bridgehead atoms. The fraction of sp³-hybridized carbons (Fsp3) is 0.545. The van der Waals surface area contributed by atoms with Crippen molar-refractivity contribution in [3.8, 4) is 0 Å². The minimum atomic E-state index is -0.515. The molecule has 0 aliphatic carbocycles. The van der Waals surface area contributed by atoms with Crippen LogP contribution in [0.4, 0.5) is 0 Å². The summed E-state index contributed by atoms with van der Waals surface area (Å²) in [4.78, 5) is 29.8. The molecule has 0 saturated carbocycles. The Bertz CT molecular complexity index is 855. The number of carbonyl (C=O) groups excluding carboxylic acids is 2. The maximum atomic E-state index is 13.0. The number of rotatable bonds is 4. The third-order valence-electron chi connectivity index (χ3n) is 6.16. The Kier molecular flexibility index (Phi) is 5.90. The Morgan fingerprint density at radius 2 is 2.00 bits per heavy atom. The van der Waals surface area contributed by atoms with Crippen molar-refractivity contribution in [2.75, 3.05) is 39.4 Å². The van der Waals surface area contributed by atoms with E-state index in [0.717, 1.165) is 27.8 Å². The van der Waals surface area contributed by atoms with Crippen LogP contribution in [-0.2, 0) is 9.53 Å². The Balaban J connectivity index is 1.41. The van der Waals surface area contributed by atoms with E-state index in [0.29, 0.717) is 39.2 Å². The summed E-state index contributed by atoms with van der Waals surface area (Å²) in [5.74, 6) is 0.0236. The van der Waals surface area contributed by atoms with Crippen LogP contribution in [0.3, 0.4) is 0 Å². The quantitative estimate of drug-likeness (QED) is 0.832. The number of aliphatic hydroxyl groups excluding tert-OH is 1. The normalized spacial score (nSPS) is 21.7. The van der Waals surface area contributed by atoms with Gasteiger partial charge in [-0.1, -0.05) is 18.2 Å². The first-order valence-corrected chi connectivity index (χ1v) is 11.1. The van der Waals surface area contributed by atoms with Crippen LogP contribution in [0.15, 0.2) is 30.3 Å². The molecule has 6 nitrogen and oxygen atoms in total. The van der Waals surface area contributed by atoms with E-state index in [2.05, 4.69) is 0 Å². The van der Waals surface area contributed by atoms with Gasteiger partial charge in [0.25, 0.3) is 5.91 Å². The second-order valence-corrected chi connectivity index (χ2v) is 9.29. The molecular formula is C22H28N2O4S. The maximum absolute atomic E-state index is 13.0. The summed E-state index contributed by atoms with van der Waals surface area (Å²) in [6.45, 7) is 4.76. The van der Waals surface area contributed by atoms with E-state index in [1.54, 1.807) is 16.2 Å². The number of ether oxygens (including phenoxy) is 1. The lowest BCUT2D eigenvalue weighted by atomic mass is 9.71. The molecule has 1 aromatic carbocycles. The molecule has 156 valence electrons. The molecule has 7 heteroatoms. The number of amides is 2. The van der Waals surface area contributed by atoms with Crippen molar-refractivity contribution in [1.29, 1.82) is 0 Å². The van der Waals surface area contributed by atoms with Gasteiger partial charge in [0.15, 0.2) is 0 Å². The summed E-state index contributed by atoms with van der Waals surface area (Å²) < 4.78 is 6.39. The number of likely N-dealkylation sites (tertiary alicyclic amines) is 2. The first-order chi connectivity index (χ1) is 14.0. The molecule has 2 aliphatic heterocycles. The molecule has 29 heavy (non-hydrogen) atoms. The molecule has 1 aromatic heterocycles. The number of hydrogen-bond acceptors (Lipinski definition) is 5. The Morgan fingerprint density at radius 3 is 2.72 bits per heavy atom. The zero-order valence-electron chi connectivity index (χ0n) is 16.8. The van der Waals surface area contributed by atoms with Crippen LogP contribution in [0.25, 0.3) is 10.1 Å². The van der Waals surface area contributed by atoms with Gasteiger partial charge in [-0.2, -0.15) is 0 Å². The highest BCUT2D eigenvalue weighted by Gasteiger charge is 2.43. The van der Waals surface area contributed by atoms with E-state index >= 15 is 0 Å². The van der Waals surface area contributed by atoms with Crippen molar-refractivity contribution >= 4 is 33.2 Å². The first-order valence-electron chi connectivity index (χ1n) is 10.3. The lowest BCUT2D eigenvalue weighted by Gasteiger charge is -2.49. The number of β-amino-alcohol motifs (C(OH)–C–C–N with tert-alkyl or cyclic N) is 1. The van der Waals surface area contributed by atoms with Crippen molar-refractivity contribution in [3.63, 3.8) is 0 Å². The predicted octanol–water partition coefficient (Wildman–Crippen LogP) is 2.75. The van der Waals surface area contributed by atoms with Crippen molar-refractivity contribution in [3.05, 3.63) is 35.2 Å². The number of benzene rings is 1. The highest BCUT2D eigenvalue weighted by Crippen LogP contribution is 2.40. The van der Waals surface area contributed by atoms with Gasteiger partial charge in [-0.3, -0.25) is 9.59 Å². The fourth-order valence-corrected chi connectivity index (χ4v) is 5.64. The van der Waals surface area contributed by atoms with Crippen LogP contribution < -0.4 is 0 Å². The van der Waals surface area contributed by atoms with Gasteiger partial charge < -0.3 is 19.6 Å². The molecule has 1 spiro atoms. The van der Waals surface area contributed by atoms with Crippen LogP contribution in [0, 0.1) is 5.41 Å². The van der Waals surface area contributed by atoms with Crippen molar-refractivity contribution in [1.82, 2.24) is 9.80 Å². The summed E-state index contributed by atoms with van der Waals surface area (Å²) in [7, 11) is 0. The number of aliphatic hydroxyl groups is 1. The van der Waals surface area contributed by atoms with Crippen LogP contribution in [-0.4, -0.2) is 72.2 Å². The second kappa shape index (κ2) is 8.42. The Hall–Kier alpha value is -1.96. The number of hydrogen-bond donors (Lipinski definition) is 1. The van der Waals surface area contributed by atoms with Gasteiger partial charge in [0.1, 0.15) is 6.61 Å². The van der Waals surface area contributed by atoms with Crippen molar-refractivity contribution in [2.45, 2.75) is 32.3 Å². The zero-order chi connectivity index (χ0) is 20.4. The van der Waals surface area contributed by atoms with Crippen LogP contribution >= 0.6 is 11.3 Å². The second-order valence-electron chi connectivity index (χ2n) is 8.21. The number of thiophene rings is 1. The van der Waals surface area contributed by atoms with Crippen molar-refractivity contribution in [2.24, 2.45) is 5.41 Å². The lowest BCUT2D eigenvalue weighted by Crippen LogP contribution is -2.56. The zero-order valence-corrected chi connectivity index (χ0v) is 17.6. The summed E-state index contributed by atoms with van der Waals surface area (Å²) in [5.41, 5.74) is -0.115. The third kappa shape index (κ3) is 4.32. The highest BCUT2D eigenvalue weighted by molar-refractivity contribution is 7.20. The summed E-state index contributed by atoms with van der Waals surface area (Å²) in [6, 6.07) is 10.0. The van der Waals surface area contributed by atoms with Gasteiger partial charge in [0, 0.05) is 37.5 Å². The van der Waals surface area contributed by atoms with E-state index in [1.165, 1.54) is 0 Å². The molecule has 2 aliphatic rings. The lowest BCUT2D eigenvalue weighted by molar-refractivity contribution is -0.144. The molecule has 2 fully saturated rings. The third-order valence-corrected chi connectivity index (χ3v) is 7.26. The number of piperidine rings is 2. The van der Waals surface area contributed by atoms with Gasteiger partial charge in [-0.05, 0) is 49.1 Å². The predicted molar refractivity (Wildman–Crippen MR) is 113 cm³/mol. The molecule has 1 unspecified atom stereocenters. The van der Waals surface area contributed by atoms with E-state index in [9.17, 15) is 14.7 Å². The topological polar surface area (TPSA) is 70.1 Å². The monoisotopic (exact) mass is 416 g/mol. The van der Waals surface area contributed by atoms with E-state index in [4.69, 9.17) is 4.74 Å². The molecule has 1 N–H and O–H groups in total. The number of fused-ring (bicyclic) bond motifs is 1. The molecule has 1 atom stereocenters. The minimum Gasteiger partial charge on any atom is -0.391 e. The van der Waals surface area contributed by atoms with E-state index in [1.807, 2.05) is 42.2 Å². The molecule has 2 saturated heterocycles. The van der Waals surface area contributed by atoms with E-state index < -0.39 is 6.10 Å². The molecule has 2 aromatic rings. The Labute approximate surface area is 175 Å². The van der Waals surface area contributed by atoms with Gasteiger partial charge >= 0.3 is 0 Å². The largest absolute Gasteiger partial charge is 0.391 e. The molecule has 4 rings (SSSR count). The Morgan fingerprint density at radius 1 is 1.24 bits per heavy atom. The van der Waals surface area contributed by atoms with Crippen LogP contribution in [0.5, 0.6) is 0 Å². The molecule has 0 radical (unpaired) electrons. The molecule has 2 amide bonds. The average Bonchev–Trinajstić information content (AvgIpc) is 3.16. The average molecular weight is 417 g/mol. The highest BCUT2D eigenvalue weighted by atomic mass is 32.1. The molecular weight excluding hydrogens is 388 g/mol. The smallest absolute Gasteiger partial charge is 0.263 e. The minimum absolute atomic E-state index is 0.0613. The summed E-state index contributed by atoms with van der Waals surface area (Å²) >= 11 is 1.54. The molecule has 3 heterocycles. The van der Waals surface area contributed by atoms with Gasteiger partial charge in [-0.25, -0.2) is 0 Å². The van der Waals surface area contributed by atoms with Gasteiger partial charge in [-0.15, -0.1) is 11.3 Å². The van der Waals surface area contributed by atoms with Crippen LogP contribution in [0.2, 0.25) is 0 Å².